The molecule has 1 aliphatic rings. The molecule has 1 aromatic carbocycles. The van der Waals surface area contributed by atoms with Gasteiger partial charge in [-0.3, -0.25) is 9.67 Å². The molecule has 28 heavy (non-hydrogen) atoms. The molecule has 7 heteroatoms. The van der Waals surface area contributed by atoms with Crippen LogP contribution in [0.4, 0.5) is 0 Å². The largest absolute Gasteiger partial charge is 0.373 e. The molecular formula is C21H32IN5O. The minimum atomic E-state index is 0. The van der Waals surface area contributed by atoms with Crippen molar-refractivity contribution in [1.29, 1.82) is 0 Å². The molecule has 1 atom stereocenters. The van der Waals surface area contributed by atoms with Gasteiger partial charge in [0.25, 0.3) is 0 Å². The van der Waals surface area contributed by atoms with Gasteiger partial charge in [-0.15, -0.1) is 24.0 Å². The van der Waals surface area contributed by atoms with Crippen LogP contribution in [0.3, 0.4) is 0 Å². The molecule has 1 aliphatic carbocycles. The quantitative estimate of drug-likeness (QED) is 0.241. The molecule has 0 amide bonds. The second-order valence-corrected chi connectivity index (χ2v) is 6.85. The zero-order chi connectivity index (χ0) is 18.7. The number of nitrogens with zero attached hydrogens (tertiary/aromatic N) is 3. The lowest BCUT2D eigenvalue weighted by Gasteiger charge is -2.25. The monoisotopic (exact) mass is 497 g/mol. The van der Waals surface area contributed by atoms with Crippen LogP contribution >= 0.6 is 24.0 Å². The Morgan fingerprint density at radius 2 is 2.04 bits per heavy atom. The maximum absolute atomic E-state index is 6.15. The fraction of sp³-hybridized carbons (Fsp3) is 0.524. The number of benzene rings is 1. The molecule has 0 fully saturated rings. The van der Waals surface area contributed by atoms with Crippen molar-refractivity contribution in [2.24, 2.45) is 4.99 Å². The summed E-state index contributed by atoms with van der Waals surface area (Å²) in [6, 6.07) is 10.6. The van der Waals surface area contributed by atoms with Crippen LogP contribution < -0.4 is 10.6 Å². The van der Waals surface area contributed by atoms with Crippen molar-refractivity contribution in [1.82, 2.24) is 20.4 Å². The van der Waals surface area contributed by atoms with E-state index in [0.29, 0.717) is 0 Å². The average molecular weight is 497 g/mol. The van der Waals surface area contributed by atoms with Gasteiger partial charge in [0.2, 0.25) is 0 Å². The highest BCUT2D eigenvalue weighted by molar-refractivity contribution is 14.0. The average Bonchev–Trinajstić information content (AvgIpc) is 3.23. The first kappa shape index (κ1) is 22.7. The van der Waals surface area contributed by atoms with Gasteiger partial charge in [0, 0.05) is 45.7 Å². The lowest BCUT2D eigenvalue weighted by molar-refractivity contribution is 0.0398. The van der Waals surface area contributed by atoms with Gasteiger partial charge in [-0.2, -0.15) is 5.10 Å². The summed E-state index contributed by atoms with van der Waals surface area (Å²) in [4.78, 5) is 4.27. The van der Waals surface area contributed by atoms with Crippen molar-refractivity contribution in [3.63, 3.8) is 0 Å². The van der Waals surface area contributed by atoms with E-state index in [2.05, 4.69) is 45.0 Å². The van der Waals surface area contributed by atoms with Crippen molar-refractivity contribution in [3.8, 4) is 0 Å². The Hall–Kier alpha value is -1.61. The molecule has 2 N–H and O–H groups in total. The Morgan fingerprint density at radius 3 is 2.82 bits per heavy atom. The van der Waals surface area contributed by atoms with Crippen LogP contribution in [0.1, 0.15) is 42.9 Å². The number of halogens is 1. The van der Waals surface area contributed by atoms with Crippen LogP contribution in [0, 0.1) is 0 Å². The fourth-order valence-electron chi connectivity index (χ4n) is 3.49. The first-order valence-electron chi connectivity index (χ1n) is 9.98. The smallest absolute Gasteiger partial charge is 0.190 e. The van der Waals surface area contributed by atoms with E-state index < -0.39 is 0 Å². The van der Waals surface area contributed by atoms with E-state index in [1.54, 1.807) is 7.05 Å². The van der Waals surface area contributed by atoms with E-state index in [9.17, 15) is 0 Å². The van der Waals surface area contributed by atoms with Crippen molar-refractivity contribution in [3.05, 3.63) is 53.9 Å². The molecule has 3 rings (SSSR count). The first-order valence-corrected chi connectivity index (χ1v) is 9.98. The minimum absolute atomic E-state index is 0. The highest BCUT2D eigenvalue weighted by Crippen LogP contribution is 2.32. The van der Waals surface area contributed by atoms with Gasteiger partial charge in [-0.05, 0) is 49.3 Å². The zero-order valence-electron chi connectivity index (χ0n) is 16.6. The molecule has 0 bridgehead atoms. The number of aliphatic imine (C=N–C) groups is 1. The second kappa shape index (κ2) is 12.8. The number of aryl methyl sites for hydroxylation is 2. The molecular weight excluding hydrogens is 465 g/mol. The number of nitrogens with one attached hydrogen (secondary N) is 2. The summed E-state index contributed by atoms with van der Waals surface area (Å²) in [5.74, 6) is 0.846. The Kier molecular flexibility index (Phi) is 10.3. The Balaban J connectivity index is 0.00000280. The van der Waals surface area contributed by atoms with E-state index in [0.717, 1.165) is 51.5 Å². The highest BCUT2D eigenvalue weighted by Gasteiger charge is 2.19. The zero-order valence-corrected chi connectivity index (χ0v) is 19.0. The number of hydrogen-bond donors (Lipinski definition) is 2. The van der Waals surface area contributed by atoms with Gasteiger partial charge in [0.05, 0.1) is 6.10 Å². The van der Waals surface area contributed by atoms with Gasteiger partial charge in [0.1, 0.15) is 0 Å². The summed E-state index contributed by atoms with van der Waals surface area (Å²) in [5, 5.41) is 10.9. The molecule has 1 heterocycles. The molecule has 154 valence electrons. The highest BCUT2D eigenvalue weighted by atomic mass is 127. The summed E-state index contributed by atoms with van der Waals surface area (Å²) in [7, 11) is 1.80. The molecule has 0 radical (unpaired) electrons. The van der Waals surface area contributed by atoms with Crippen molar-refractivity contribution in [2.75, 3.05) is 26.7 Å². The molecule has 1 unspecified atom stereocenters. The van der Waals surface area contributed by atoms with Crippen LogP contribution in [0.5, 0.6) is 0 Å². The summed E-state index contributed by atoms with van der Waals surface area (Å²) >= 11 is 0. The Morgan fingerprint density at radius 1 is 1.21 bits per heavy atom. The Labute approximate surface area is 185 Å². The standard InChI is InChI=1S/C21H31N5O.HI/c1-22-21(23-12-5-15-26-16-6-14-25-26)24-13-7-17-27-20-11-4-9-18-8-2-3-10-19(18)20;/h2-3,6,8,10,14,16,20H,4-5,7,9,11-13,15,17H2,1H3,(H2,22,23,24);1H. The summed E-state index contributed by atoms with van der Waals surface area (Å²) < 4.78 is 8.10. The number of hydrogen-bond acceptors (Lipinski definition) is 3. The van der Waals surface area contributed by atoms with Crippen LogP contribution in [0.2, 0.25) is 0 Å². The topological polar surface area (TPSA) is 63.5 Å². The summed E-state index contributed by atoms with van der Waals surface area (Å²) in [6.07, 6.45) is 9.55. The number of aromatic nitrogens is 2. The fourth-order valence-corrected chi connectivity index (χ4v) is 3.49. The first-order chi connectivity index (χ1) is 13.4. The van der Waals surface area contributed by atoms with Gasteiger partial charge < -0.3 is 15.4 Å². The third-order valence-electron chi connectivity index (χ3n) is 4.89. The van der Waals surface area contributed by atoms with E-state index in [-0.39, 0.29) is 30.1 Å². The lowest BCUT2D eigenvalue weighted by Crippen LogP contribution is -2.38. The summed E-state index contributed by atoms with van der Waals surface area (Å²) in [5.41, 5.74) is 2.83. The molecule has 1 aromatic heterocycles. The van der Waals surface area contributed by atoms with Gasteiger partial charge >= 0.3 is 0 Å². The van der Waals surface area contributed by atoms with E-state index >= 15 is 0 Å². The number of rotatable bonds is 9. The maximum atomic E-state index is 6.15. The Bertz CT molecular complexity index is 705. The van der Waals surface area contributed by atoms with Crippen LogP contribution in [-0.2, 0) is 17.7 Å². The van der Waals surface area contributed by atoms with E-state index in [1.165, 1.54) is 24.0 Å². The maximum Gasteiger partial charge on any atom is 0.190 e. The van der Waals surface area contributed by atoms with Gasteiger partial charge in [-0.25, -0.2) is 0 Å². The molecule has 0 aliphatic heterocycles. The van der Waals surface area contributed by atoms with Crippen LogP contribution in [-0.4, -0.2) is 42.5 Å². The minimum Gasteiger partial charge on any atom is -0.373 e. The number of guanidine groups is 1. The van der Waals surface area contributed by atoms with Gasteiger partial charge in [0.15, 0.2) is 5.96 Å². The van der Waals surface area contributed by atoms with E-state index in [1.807, 2.05) is 23.1 Å². The van der Waals surface area contributed by atoms with E-state index in [4.69, 9.17) is 4.74 Å². The molecule has 2 aromatic rings. The SMILES string of the molecule is CN=C(NCCCOC1CCCc2ccccc21)NCCCn1cccn1.I. The third kappa shape index (κ3) is 7.09. The normalized spacial score (nSPS) is 16.2. The number of fused-ring (bicyclic) bond motifs is 1. The van der Waals surface area contributed by atoms with Crippen molar-refractivity contribution in [2.45, 2.75) is 44.8 Å². The van der Waals surface area contributed by atoms with Crippen molar-refractivity contribution >= 4 is 29.9 Å². The van der Waals surface area contributed by atoms with Crippen molar-refractivity contribution < 1.29 is 4.74 Å². The van der Waals surface area contributed by atoms with Crippen LogP contribution in [0.15, 0.2) is 47.7 Å². The molecule has 6 nitrogen and oxygen atoms in total. The van der Waals surface area contributed by atoms with Crippen LogP contribution in [0.25, 0.3) is 0 Å². The lowest BCUT2D eigenvalue weighted by atomic mass is 9.89. The number of ether oxygens (including phenoxy) is 1. The second-order valence-electron chi connectivity index (χ2n) is 6.85. The summed E-state index contributed by atoms with van der Waals surface area (Å²) in [6.45, 7) is 3.40. The molecule has 0 spiro atoms. The van der Waals surface area contributed by atoms with Gasteiger partial charge in [-0.1, -0.05) is 24.3 Å². The third-order valence-corrected chi connectivity index (χ3v) is 4.89. The predicted octanol–water partition coefficient (Wildman–Crippen LogP) is 3.54. The molecule has 0 saturated heterocycles. The molecule has 0 saturated carbocycles. The predicted molar refractivity (Wildman–Crippen MR) is 124 cm³/mol.